The van der Waals surface area contributed by atoms with Gasteiger partial charge in [0.15, 0.2) is 5.13 Å². The molecule has 9 heteroatoms. The first kappa shape index (κ1) is 23.8. The van der Waals surface area contributed by atoms with Crippen molar-refractivity contribution in [1.29, 1.82) is 0 Å². The van der Waals surface area contributed by atoms with Crippen molar-refractivity contribution in [3.63, 3.8) is 0 Å². The zero-order valence-corrected chi connectivity index (χ0v) is 19.6. The Morgan fingerprint density at radius 1 is 1.26 bits per heavy atom. The van der Waals surface area contributed by atoms with Gasteiger partial charge in [0, 0.05) is 31.7 Å². The van der Waals surface area contributed by atoms with Crippen molar-refractivity contribution >= 4 is 56.6 Å². The first-order chi connectivity index (χ1) is 14.7. The van der Waals surface area contributed by atoms with Crippen LogP contribution in [-0.4, -0.2) is 62.3 Å². The average molecular weight is 482 g/mol. The third-order valence-corrected chi connectivity index (χ3v) is 6.46. The van der Waals surface area contributed by atoms with E-state index in [9.17, 15) is 4.79 Å². The van der Waals surface area contributed by atoms with Crippen LogP contribution in [0.4, 0.5) is 5.13 Å². The molecule has 0 spiro atoms. The van der Waals surface area contributed by atoms with Gasteiger partial charge < -0.3 is 9.47 Å². The minimum Gasteiger partial charge on any atom is -0.497 e. The second-order valence-electron chi connectivity index (χ2n) is 7.08. The average Bonchev–Trinajstić information content (AvgIpc) is 3.22. The SMILES string of the molecule is COc1cccc(C(=O)N(CCCN2CCOCC2)c2nc3c(Cl)cccc3s2)c1.Cl. The molecule has 0 atom stereocenters. The van der Waals surface area contributed by atoms with E-state index in [1.165, 1.54) is 11.3 Å². The molecule has 31 heavy (non-hydrogen) atoms. The number of hydrogen-bond acceptors (Lipinski definition) is 6. The first-order valence-electron chi connectivity index (χ1n) is 9.97. The number of nitrogens with zero attached hydrogens (tertiary/aromatic N) is 3. The van der Waals surface area contributed by atoms with Crippen LogP contribution in [0.1, 0.15) is 16.8 Å². The molecule has 0 saturated carbocycles. The molecule has 0 bridgehead atoms. The Kier molecular flexibility index (Phi) is 8.51. The van der Waals surface area contributed by atoms with Gasteiger partial charge in [-0.15, -0.1) is 12.4 Å². The quantitative estimate of drug-likeness (QED) is 0.487. The normalized spacial score (nSPS) is 14.3. The molecule has 1 saturated heterocycles. The zero-order valence-electron chi connectivity index (χ0n) is 17.3. The number of para-hydroxylation sites is 1. The summed E-state index contributed by atoms with van der Waals surface area (Å²) in [7, 11) is 1.60. The van der Waals surface area contributed by atoms with Gasteiger partial charge in [-0.1, -0.05) is 35.1 Å². The topological polar surface area (TPSA) is 54.9 Å². The summed E-state index contributed by atoms with van der Waals surface area (Å²) < 4.78 is 11.7. The maximum atomic E-state index is 13.4. The summed E-state index contributed by atoms with van der Waals surface area (Å²) in [6, 6.07) is 12.9. The van der Waals surface area contributed by atoms with Crippen LogP contribution in [0.2, 0.25) is 5.02 Å². The molecule has 3 aromatic rings. The number of fused-ring (bicyclic) bond motifs is 1. The molecule has 6 nitrogen and oxygen atoms in total. The lowest BCUT2D eigenvalue weighted by Crippen LogP contribution is -2.39. The lowest BCUT2D eigenvalue weighted by atomic mass is 10.2. The van der Waals surface area contributed by atoms with Gasteiger partial charge in [-0.3, -0.25) is 14.6 Å². The summed E-state index contributed by atoms with van der Waals surface area (Å²) >= 11 is 7.81. The van der Waals surface area contributed by atoms with Crippen LogP contribution < -0.4 is 9.64 Å². The number of amides is 1. The van der Waals surface area contributed by atoms with Crippen molar-refractivity contribution < 1.29 is 14.3 Å². The van der Waals surface area contributed by atoms with Gasteiger partial charge in [-0.25, -0.2) is 4.98 Å². The number of methoxy groups -OCH3 is 1. The van der Waals surface area contributed by atoms with Gasteiger partial charge >= 0.3 is 0 Å². The van der Waals surface area contributed by atoms with Crippen LogP contribution in [0.5, 0.6) is 5.75 Å². The van der Waals surface area contributed by atoms with E-state index < -0.39 is 0 Å². The molecule has 0 radical (unpaired) electrons. The molecule has 166 valence electrons. The highest BCUT2D eigenvalue weighted by atomic mass is 35.5. The smallest absolute Gasteiger partial charge is 0.260 e. The van der Waals surface area contributed by atoms with Crippen molar-refractivity contribution in [3.05, 3.63) is 53.1 Å². The van der Waals surface area contributed by atoms with Gasteiger partial charge in [0.05, 0.1) is 30.0 Å². The predicted molar refractivity (Wildman–Crippen MR) is 128 cm³/mol. The van der Waals surface area contributed by atoms with Crippen LogP contribution in [-0.2, 0) is 4.74 Å². The van der Waals surface area contributed by atoms with Crippen molar-refractivity contribution in [2.45, 2.75) is 6.42 Å². The minimum atomic E-state index is -0.0916. The van der Waals surface area contributed by atoms with E-state index in [-0.39, 0.29) is 18.3 Å². The fraction of sp³-hybridized carbons (Fsp3) is 0.364. The van der Waals surface area contributed by atoms with Crippen molar-refractivity contribution in [2.24, 2.45) is 0 Å². The number of benzene rings is 2. The van der Waals surface area contributed by atoms with Crippen LogP contribution >= 0.6 is 35.3 Å². The number of aromatic nitrogens is 1. The molecule has 1 aliphatic rings. The maximum absolute atomic E-state index is 13.4. The number of halogens is 2. The standard InChI is InChI=1S/C22H24ClN3O3S.ClH/c1-28-17-6-2-5-16(15-17)21(27)26(10-4-9-25-11-13-29-14-12-25)22-24-20-18(23)7-3-8-19(20)30-22;/h2-3,5-8,15H,4,9-14H2,1H3;1H. The van der Waals surface area contributed by atoms with Gasteiger partial charge in [0.2, 0.25) is 0 Å². The second kappa shape index (κ2) is 11.1. The van der Waals surface area contributed by atoms with Crippen LogP contribution in [0.3, 0.4) is 0 Å². The highest BCUT2D eigenvalue weighted by molar-refractivity contribution is 7.22. The van der Waals surface area contributed by atoms with Gasteiger partial charge in [-0.2, -0.15) is 0 Å². The van der Waals surface area contributed by atoms with Crippen LogP contribution in [0.25, 0.3) is 10.2 Å². The molecule has 2 aromatic carbocycles. The number of morpholine rings is 1. The Hall–Kier alpha value is -1.90. The molecule has 1 aromatic heterocycles. The van der Waals surface area contributed by atoms with E-state index >= 15 is 0 Å². The van der Waals surface area contributed by atoms with Crippen molar-refractivity contribution in [3.8, 4) is 5.75 Å². The number of ether oxygens (including phenoxy) is 2. The predicted octanol–water partition coefficient (Wildman–Crippen LogP) is 4.75. The molecule has 0 N–H and O–H groups in total. The molecule has 1 amide bonds. The second-order valence-corrected chi connectivity index (χ2v) is 8.50. The third kappa shape index (κ3) is 5.67. The third-order valence-electron chi connectivity index (χ3n) is 5.11. The zero-order chi connectivity index (χ0) is 20.9. The van der Waals surface area contributed by atoms with E-state index in [2.05, 4.69) is 4.90 Å². The summed E-state index contributed by atoms with van der Waals surface area (Å²) in [5.41, 5.74) is 1.31. The monoisotopic (exact) mass is 481 g/mol. The number of carbonyl (C=O) groups is 1. The maximum Gasteiger partial charge on any atom is 0.260 e. The molecule has 1 aliphatic heterocycles. The van der Waals surface area contributed by atoms with Crippen molar-refractivity contribution in [2.75, 3.05) is 51.4 Å². The molecule has 1 fully saturated rings. The van der Waals surface area contributed by atoms with E-state index in [4.69, 9.17) is 26.1 Å². The largest absolute Gasteiger partial charge is 0.497 e. The first-order valence-corrected chi connectivity index (χ1v) is 11.2. The van der Waals surface area contributed by atoms with Crippen LogP contribution in [0, 0.1) is 0 Å². The molecule has 4 rings (SSSR count). The molecule has 0 aliphatic carbocycles. The molecule has 0 unspecified atom stereocenters. The number of anilines is 1. The van der Waals surface area contributed by atoms with E-state index in [0.717, 1.165) is 49.5 Å². The van der Waals surface area contributed by atoms with Gasteiger partial charge in [0.1, 0.15) is 11.3 Å². The summed E-state index contributed by atoms with van der Waals surface area (Å²) in [6.07, 6.45) is 0.847. The Labute approximate surface area is 197 Å². The van der Waals surface area contributed by atoms with E-state index in [1.807, 2.05) is 30.3 Å². The summed E-state index contributed by atoms with van der Waals surface area (Å²) in [5.74, 6) is 0.563. The molecular weight excluding hydrogens is 457 g/mol. The van der Waals surface area contributed by atoms with E-state index in [1.54, 1.807) is 24.1 Å². The number of carbonyl (C=O) groups excluding carboxylic acids is 1. The highest BCUT2D eigenvalue weighted by Gasteiger charge is 2.22. The number of rotatable bonds is 7. The molecular formula is C22H25Cl2N3O3S. The van der Waals surface area contributed by atoms with E-state index in [0.29, 0.717) is 28.0 Å². The Morgan fingerprint density at radius 3 is 2.77 bits per heavy atom. The molecule has 2 heterocycles. The highest BCUT2D eigenvalue weighted by Crippen LogP contribution is 2.33. The van der Waals surface area contributed by atoms with Gasteiger partial charge in [0.25, 0.3) is 5.91 Å². The fourth-order valence-corrected chi connectivity index (χ4v) is 4.78. The summed E-state index contributed by atoms with van der Waals surface area (Å²) in [4.78, 5) is 22.2. The number of hydrogen-bond donors (Lipinski definition) is 0. The minimum absolute atomic E-state index is 0. The summed E-state index contributed by atoms with van der Waals surface area (Å²) in [6.45, 7) is 4.88. The Bertz CT molecular complexity index is 1020. The van der Waals surface area contributed by atoms with Crippen molar-refractivity contribution in [1.82, 2.24) is 9.88 Å². The summed E-state index contributed by atoms with van der Waals surface area (Å²) in [5, 5.41) is 1.25. The number of thiazole rings is 1. The lowest BCUT2D eigenvalue weighted by molar-refractivity contribution is 0.0376. The fourth-order valence-electron chi connectivity index (χ4n) is 3.49. The Balaban J connectivity index is 0.00000272. The van der Waals surface area contributed by atoms with Crippen LogP contribution in [0.15, 0.2) is 42.5 Å². The Morgan fingerprint density at radius 2 is 2.03 bits per heavy atom. The van der Waals surface area contributed by atoms with Gasteiger partial charge in [-0.05, 0) is 36.8 Å². The lowest BCUT2D eigenvalue weighted by Gasteiger charge is -2.27.